The largest absolute Gasteiger partial charge is 0.317 e. The van der Waals surface area contributed by atoms with Gasteiger partial charge in [0.15, 0.2) is 0 Å². The number of nitrogens with one attached hydrogen (secondary N) is 1. The molecule has 0 unspecified atom stereocenters. The van der Waals surface area contributed by atoms with Crippen LogP contribution < -0.4 is 5.32 Å². The minimum absolute atomic E-state index is 0.928. The number of terminal acetylenes is 1. The van der Waals surface area contributed by atoms with Crippen LogP contribution in [0.15, 0.2) is 4.99 Å². The molecule has 2 nitrogen and oxygen atoms in total. The normalized spacial score (nSPS) is 13.4. The fourth-order valence-corrected chi connectivity index (χ4v) is 0.931. The Hall–Kier alpha value is -0.810. The molecule has 1 heterocycles. The molecule has 0 aromatic carbocycles. The van der Waals surface area contributed by atoms with Crippen molar-refractivity contribution in [3.05, 3.63) is 0 Å². The first kappa shape index (κ1) is 15.7. The second-order valence-electron chi connectivity index (χ2n) is 3.00. The molecule has 0 spiro atoms. The molecule has 2 heteroatoms. The molecule has 0 bridgehead atoms. The summed E-state index contributed by atoms with van der Waals surface area (Å²) >= 11 is 0. The van der Waals surface area contributed by atoms with Gasteiger partial charge in [-0.15, -0.1) is 0 Å². The van der Waals surface area contributed by atoms with Gasteiger partial charge in [-0.1, -0.05) is 26.7 Å². The summed E-state index contributed by atoms with van der Waals surface area (Å²) in [6.07, 6.45) is 9.01. The van der Waals surface area contributed by atoms with Crippen LogP contribution >= 0.6 is 0 Å². The Balaban J connectivity index is 0. The number of nitrogens with zero attached hydrogens (tertiary/aromatic N) is 1. The van der Waals surface area contributed by atoms with Crippen molar-refractivity contribution in [1.29, 1.82) is 0 Å². The summed E-state index contributed by atoms with van der Waals surface area (Å²) in [4.78, 5) is 3.57. The molecule has 0 amide bonds. The van der Waals surface area contributed by atoms with E-state index in [1.807, 2.05) is 27.7 Å². The molecule has 0 aliphatic carbocycles. The first-order valence-corrected chi connectivity index (χ1v) is 5.44. The second kappa shape index (κ2) is 14.7. The van der Waals surface area contributed by atoms with Crippen LogP contribution in [0.1, 0.15) is 47.0 Å². The van der Waals surface area contributed by atoms with Gasteiger partial charge in [-0.25, -0.2) is 4.99 Å². The summed E-state index contributed by atoms with van der Waals surface area (Å²) in [6.45, 7) is 10.2. The molecule has 14 heavy (non-hydrogen) atoms. The zero-order valence-corrected chi connectivity index (χ0v) is 10.1. The molecule has 0 atom stereocenters. The quantitative estimate of drug-likeness (QED) is 0.467. The molecule has 1 rings (SSSR count). The van der Waals surface area contributed by atoms with Crippen molar-refractivity contribution in [3.63, 3.8) is 0 Å². The lowest BCUT2D eigenvalue weighted by atomic mass is 10.2. The van der Waals surface area contributed by atoms with Gasteiger partial charge in [0.2, 0.25) is 0 Å². The van der Waals surface area contributed by atoms with E-state index < -0.39 is 0 Å². The van der Waals surface area contributed by atoms with Crippen LogP contribution in [0.25, 0.3) is 0 Å². The highest BCUT2D eigenvalue weighted by molar-refractivity contribution is 5.79. The zero-order chi connectivity index (χ0) is 11.2. The van der Waals surface area contributed by atoms with Crippen LogP contribution in [0, 0.1) is 12.5 Å². The molecular weight excluding hydrogens is 172 g/mol. The molecule has 1 aliphatic rings. The topological polar surface area (TPSA) is 24.4 Å². The number of rotatable bonds is 0. The molecule has 1 aliphatic heterocycles. The summed E-state index contributed by atoms with van der Waals surface area (Å²) in [5.41, 5.74) is 0.928. The maximum atomic E-state index is 4.79. The lowest BCUT2D eigenvalue weighted by Gasteiger charge is -2.08. The second-order valence-corrected chi connectivity index (χ2v) is 3.00. The summed E-state index contributed by atoms with van der Waals surface area (Å²) in [5.74, 6) is 0. The van der Waals surface area contributed by atoms with E-state index in [1.54, 1.807) is 0 Å². The minimum atomic E-state index is 0.928. The lowest BCUT2D eigenvalue weighted by Crippen LogP contribution is -2.21. The third-order valence-corrected chi connectivity index (χ3v) is 1.50. The molecule has 0 aromatic heterocycles. The van der Waals surface area contributed by atoms with E-state index in [-0.39, 0.29) is 0 Å². The van der Waals surface area contributed by atoms with E-state index in [9.17, 15) is 0 Å². The Morgan fingerprint density at radius 3 is 1.71 bits per heavy atom. The standard InChI is InChI=1S/C5H11N.C5H7N.C2H6/c1-2-4-6-5-3-1;1-4-6-5(2)3;1-2/h6H,1-5H2;1H,2-3H3;1-2H3. The molecule has 0 radical (unpaired) electrons. The lowest BCUT2D eigenvalue weighted by molar-refractivity contribution is 0.520. The predicted octanol–water partition coefficient (Wildman–Crippen LogP) is 2.84. The summed E-state index contributed by atoms with van der Waals surface area (Å²) in [7, 11) is 0. The van der Waals surface area contributed by atoms with Crippen molar-refractivity contribution in [3.8, 4) is 12.5 Å². The molecule has 1 fully saturated rings. The average Bonchev–Trinajstić information content (AvgIpc) is 2.24. The van der Waals surface area contributed by atoms with Gasteiger partial charge in [0.1, 0.15) is 0 Å². The van der Waals surface area contributed by atoms with Crippen LogP contribution in [-0.4, -0.2) is 18.8 Å². The number of hydrogen-bond acceptors (Lipinski definition) is 2. The van der Waals surface area contributed by atoms with Gasteiger partial charge in [-0.3, -0.25) is 0 Å². The predicted molar refractivity (Wildman–Crippen MR) is 65.7 cm³/mol. The van der Waals surface area contributed by atoms with E-state index in [1.165, 1.54) is 32.4 Å². The average molecular weight is 196 g/mol. The fraction of sp³-hybridized carbons (Fsp3) is 0.750. The first-order chi connectivity index (χ1) is 6.77. The van der Waals surface area contributed by atoms with Crippen LogP contribution in [0.4, 0.5) is 0 Å². The Kier molecular flexibility index (Phi) is 16.4. The van der Waals surface area contributed by atoms with Crippen molar-refractivity contribution in [2.45, 2.75) is 47.0 Å². The van der Waals surface area contributed by atoms with Crippen LogP contribution in [0.3, 0.4) is 0 Å². The van der Waals surface area contributed by atoms with Crippen LogP contribution in [0.5, 0.6) is 0 Å². The maximum Gasteiger partial charge on any atom is 0.0300 e. The third kappa shape index (κ3) is 17.3. The van der Waals surface area contributed by atoms with E-state index in [0.717, 1.165) is 5.71 Å². The van der Waals surface area contributed by atoms with Crippen molar-refractivity contribution in [1.82, 2.24) is 5.32 Å². The summed E-state index contributed by atoms with van der Waals surface area (Å²) < 4.78 is 0. The SMILES string of the molecule is C#CN=C(C)C.C1CCNCC1.CC. The molecule has 1 saturated heterocycles. The van der Waals surface area contributed by atoms with Gasteiger partial charge in [0, 0.05) is 11.8 Å². The maximum absolute atomic E-state index is 4.79. The van der Waals surface area contributed by atoms with E-state index in [2.05, 4.69) is 16.4 Å². The summed E-state index contributed by atoms with van der Waals surface area (Å²) in [5, 5.41) is 3.28. The van der Waals surface area contributed by atoms with E-state index >= 15 is 0 Å². The van der Waals surface area contributed by atoms with Crippen molar-refractivity contribution >= 4 is 5.71 Å². The molecular formula is C12H24N2. The Bertz CT molecular complexity index is 146. The first-order valence-electron chi connectivity index (χ1n) is 5.44. The Morgan fingerprint density at radius 1 is 1.14 bits per heavy atom. The fourth-order valence-electron chi connectivity index (χ4n) is 0.931. The highest BCUT2D eigenvalue weighted by Gasteiger charge is 1.93. The van der Waals surface area contributed by atoms with Gasteiger partial charge in [0.25, 0.3) is 0 Å². The Morgan fingerprint density at radius 2 is 1.64 bits per heavy atom. The van der Waals surface area contributed by atoms with Crippen LogP contribution in [-0.2, 0) is 0 Å². The number of aliphatic imine (C=N–C) groups is 1. The van der Waals surface area contributed by atoms with Gasteiger partial charge in [-0.05, 0) is 39.8 Å². The van der Waals surface area contributed by atoms with Crippen LogP contribution in [0.2, 0.25) is 0 Å². The number of hydrogen-bond donors (Lipinski definition) is 1. The van der Waals surface area contributed by atoms with E-state index in [0.29, 0.717) is 0 Å². The molecule has 0 saturated carbocycles. The summed E-state index contributed by atoms with van der Waals surface area (Å²) in [6, 6.07) is 2.16. The number of piperidine rings is 1. The molecule has 0 aromatic rings. The van der Waals surface area contributed by atoms with Gasteiger partial charge in [0.05, 0.1) is 0 Å². The molecule has 82 valence electrons. The highest BCUT2D eigenvalue weighted by atomic mass is 14.9. The van der Waals surface area contributed by atoms with Crippen molar-refractivity contribution in [2.24, 2.45) is 4.99 Å². The van der Waals surface area contributed by atoms with Crippen molar-refractivity contribution in [2.75, 3.05) is 13.1 Å². The highest BCUT2D eigenvalue weighted by Crippen LogP contribution is 1.96. The van der Waals surface area contributed by atoms with Crippen molar-refractivity contribution < 1.29 is 0 Å². The third-order valence-electron chi connectivity index (χ3n) is 1.50. The minimum Gasteiger partial charge on any atom is -0.317 e. The molecule has 1 N–H and O–H groups in total. The van der Waals surface area contributed by atoms with Gasteiger partial charge < -0.3 is 5.32 Å². The monoisotopic (exact) mass is 196 g/mol. The van der Waals surface area contributed by atoms with E-state index in [4.69, 9.17) is 6.42 Å². The zero-order valence-electron chi connectivity index (χ0n) is 10.1. The van der Waals surface area contributed by atoms with Gasteiger partial charge in [-0.2, -0.15) is 0 Å². The van der Waals surface area contributed by atoms with Gasteiger partial charge >= 0.3 is 0 Å². The Labute approximate surface area is 89.2 Å². The smallest absolute Gasteiger partial charge is 0.0300 e.